The number of carboxylic acids is 1. The van der Waals surface area contributed by atoms with Crippen LogP contribution in [0.1, 0.15) is 19.8 Å². The van der Waals surface area contributed by atoms with Gasteiger partial charge in [0.25, 0.3) is 0 Å². The van der Waals surface area contributed by atoms with Gasteiger partial charge in [-0.05, 0) is 6.42 Å². The normalized spacial score (nSPS) is 36.0. The largest absolute Gasteiger partial charge is 0.481 e. The molecule has 11 heavy (non-hydrogen) atoms. The summed E-state index contributed by atoms with van der Waals surface area (Å²) in [6.07, 6.45) is 3.66. The summed E-state index contributed by atoms with van der Waals surface area (Å²) in [5.41, 5.74) is -0.550. The highest BCUT2D eigenvalue weighted by atomic mass is 16.4. The molecule has 3 heteroatoms. The molecule has 62 valence electrons. The van der Waals surface area contributed by atoms with Crippen LogP contribution in [-0.4, -0.2) is 22.3 Å². The van der Waals surface area contributed by atoms with Crippen LogP contribution in [0, 0.1) is 5.41 Å². The second kappa shape index (κ2) is 2.66. The zero-order valence-corrected chi connectivity index (χ0v) is 6.45. The molecule has 2 unspecified atom stereocenters. The maximum atomic E-state index is 10.4. The van der Waals surface area contributed by atoms with E-state index in [1.54, 1.807) is 13.0 Å². The van der Waals surface area contributed by atoms with Crippen molar-refractivity contribution in [3.63, 3.8) is 0 Å². The van der Waals surface area contributed by atoms with E-state index in [0.29, 0.717) is 6.42 Å². The van der Waals surface area contributed by atoms with Crippen molar-refractivity contribution in [2.45, 2.75) is 25.9 Å². The molecule has 0 fully saturated rings. The van der Waals surface area contributed by atoms with Crippen molar-refractivity contribution in [3.05, 3.63) is 12.2 Å². The minimum Gasteiger partial charge on any atom is -0.481 e. The summed E-state index contributed by atoms with van der Waals surface area (Å²) in [6.45, 7) is 1.76. The first-order valence-corrected chi connectivity index (χ1v) is 3.62. The number of hydrogen-bond donors (Lipinski definition) is 2. The molecule has 0 amide bonds. The van der Waals surface area contributed by atoms with E-state index in [0.717, 1.165) is 0 Å². The van der Waals surface area contributed by atoms with E-state index in [-0.39, 0.29) is 6.42 Å². The third-order valence-electron chi connectivity index (χ3n) is 2.15. The van der Waals surface area contributed by atoms with Crippen LogP contribution in [0.25, 0.3) is 0 Å². The van der Waals surface area contributed by atoms with E-state index in [4.69, 9.17) is 5.11 Å². The molecule has 0 aromatic carbocycles. The Balaban J connectivity index is 2.65. The lowest BCUT2D eigenvalue weighted by atomic mass is 9.84. The van der Waals surface area contributed by atoms with Gasteiger partial charge in [0.2, 0.25) is 0 Å². The van der Waals surface area contributed by atoms with Crippen molar-refractivity contribution >= 4 is 5.97 Å². The molecule has 1 aliphatic rings. The number of aliphatic hydroxyl groups excluding tert-OH is 1. The van der Waals surface area contributed by atoms with Gasteiger partial charge in [0.1, 0.15) is 0 Å². The number of carboxylic acid groups (broad SMARTS) is 1. The molecule has 3 nitrogen and oxygen atoms in total. The predicted molar refractivity (Wildman–Crippen MR) is 40.1 cm³/mol. The van der Waals surface area contributed by atoms with Gasteiger partial charge in [-0.15, -0.1) is 0 Å². The smallest absolute Gasteiger partial charge is 0.304 e. The Morgan fingerprint density at radius 2 is 2.45 bits per heavy atom. The van der Waals surface area contributed by atoms with Crippen LogP contribution in [0.15, 0.2) is 12.2 Å². The third kappa shape index (κ3) is 1.60. The molecule has 0 heterocycles. The molecule has 0 bridgehead atoms. The second-order valence-electron chi connectivity index (χ2n) is 3.23. The highest BCUT2D eigenvalue weighted by molar-refractivity contribution is 5.68. The fraction of sp³-hybridized carbons (Fsp3) is 0.625. The van der Waals surface area contributed by atoms with Crippen LogP contribution in [0.2, 0.25) is 0 Å². The summed E-state index contributed by atoms with van der Waals surface area (Å²) in [6, 6.07) is 0. The summed E-state index contributed by atoms with van der Waals surface area (Å²) in [5, 5.41) is 17.9. The van der Waals surface area contributed by atoms with Crippen molar-refractivity contribution in [2.24, 2.45) is 5.41 Å². The first-order valence-electron chi connectivity index (χ1n) is 3.62. The Morgan fingerprint density at radius 3 is 2.82 bits per heavy atom. The van der Waals surface area contributed by atoms with E-state index < -0.39 is 17.5 Å². The Labute approximate surface area is 65.3 Å². The minimum atomic E-state index is -0.863. The number of aliphatic hydroxyl groups is 1. The molecule has 0 aliphatic heterocycles. The van der Waals surface area contributed by atoms with Crippen LogP contribution >= 0.6 is 0 Å². The Hall–Kier alpha value is -0.830. The van der Waals surface area contributed by atoms with E-state index in [2.05, 4.69) is 0 Å². The highest BCUT2D eigenvalue weighted by Gasteiger charge is 2.35. The molecule has 0 spiro atoms. The van der Waals surface area contributed by atoms with Gasteiger partial charge in [0, 0.05) is 5.41 Å². The highest BCUT2D eigenvalue weighted by Crippen LogP contribution is 2.34. The first-order chi connectivity index (χ1) is 5.04. The maximum absolute atomic E-state index is 10.4. The van der Waals surface area contributed by atoms with Crippen molar-refractivity contribution in [2.75, 3.05) is 0 Å². The van der Waals surface area contributed by atoms with Gasteiger partial charge in [-0.2, -0.15) is 0 Å². The Kier molecular flexibility index (Phi) is 2.00. The summed E-state index contributed by atoms with van der Waals surface area (Å²) in [5.74, 6) is -0.863. The Bertz CT molecular complexity index is 198. The molecule has 2 atom stereocenters. The van der Waals surface area contributed by atoms with E-state index in [1.165, 1.54) is 0 Å². The van der Waals surface area contributed by atoms with Gasteiger partial charge in [0.15, 0.2) is 0 Å². The van der Waals surface area contributed by atoms with Gasteiger partial charge < -0.3 is 10.2 Å². The molecule has 1 rings (SSSR count). The lowest BCUT2D eigenvalue weighted by molar-refractivity contribution is -0.140. The van der Waals surface area contributed by atoms with Crippen molar-refractivity contribution in [1.82, 2.24) is 0 Å². The van der Waals surface area contributed by atoms with Gasteiger partial charge in [0.05, 0.1) is 12.5 Å². The molecule has 2 N–H and O–H groups in total. The summed E-state index contributed by atoms with van der Waals surface area (Å²) >= 11 is 0. The van der Waals surface area contributed by atoms with Crippen LogP contribution in [0.4, 0.5) is 0 Å². The SMILES string of the molecule is CC1(CC(=O)O)C=CCC1O. The molecule has 0 saturated heterocycles. The lowest BCUT2D eigenvalue weighted by Gasteiger charge is -2.24. The minimum absolute atomic E-state index is 0.00463. The average Bonchev–Trinajstić information content (AvgIpc) is 2.11. The summed E-state index contributed by atoms with van der Waals surface area (Å²) in [4.78, 5) is 10.4. The fourth-order valence-electron chi connectivity index (χ4n) is 1.35. The standard InChI is InChI=1S/C8H12O3/c1-8(5-7(10)11)4-2-3-6(8)9/h2,4,6,9H,3,5H2,1H3,(H,10,11). The monoisotopic (exact) mass is 156 g/mol. The van der Waals surface area contributed by atoms with Gasteiger partial charge >= 0.3 is 5.97 Å². The van der Waals surface area contributed by atoms with Crippen molar-refractivity contribution < 1.29 is 15.0 Å². The second-order valence-corrected chi connectivity index (χ2v) is 3.23. The number of aliphatic carboxylic acids is 1. The van der Waals surface area contributed by atoms with Crippen LogP contribution in [0.3, 0.4) is 0 Å². The van der Waals surface area contributed by atoms with Gasteiger partial charge in [-0.1, -0.05) is 19.1 Å². The maximum Gasteiger partial charge on any atom is 0.304 e. The van der Waals surface area contributed by atoms with E-state index in [9.17, 15) is 9.90 Å². The van der Waals surface area contributed by atoms with Gasteiger partial charge in [-0.25, -0.2) is 0 Å². The van der Waals surface area contributed by atoms with Crippen molar-refractivity contribution in [3.8, 4) is 0 Å². The number of hydrogen-bond acceptors (Lipinski definition) is 2. The number of rotatable bonds is 2. The molecule has 0 saturated carbocycles. The molecule has 0 radical (unpaired) electrons. The van der Waals surface area contributed by atoms with Crippen molar-refractivity contribution in [1.29, 1.82) is 0 Å². The van der Waals surface area contributed by atoms with Crippen LogP contribution < -0.4 is 0 Å². The van der Waals surface area contributed by atoms with Crippen LogP contribution in [0.5, 0.6) is 0 Å². The predicted octanol–water partition coefficient (Wildman–Crippen LogP) is 0.788. The molecule has 0 aromatic heterocycles. The summed E-state index contributed by atoms with van der Waals surface area (Å²) in [7, 11) is 0. The molecule has 0 aromatic rings. The van der Waals surface area contributed by atoms with E-state index >= 15 is 0 Å². The summed E-state index contributed by atoms with van der Waals surface area (Å²) < 4.78 is 0. The van der Waals surface area contributed by atoms with Crippen LogP contribution in [-0.2, 0) is 4.79 Å². The van der Waals surface area contributed by atoms with Gasteiger partial charge in [-0.3, -0.25) is 4.79 Å². The third-order valence-corrected chi connectivity index (χ3v) is 2.15. The zero-order chi connectivity index (χ0) is 8.48. The zero-order valence-electron chi connectivity index (χ0n) is 6.45. The molecule has 1 aliphatic carbocycles. The molecular weight excluding hydrogens is 144 g/mol. The fourth-order valence-corrected chi connectivity index (χ4v) is 1.35. The average molecular weight is 156 g/mol. The van der Waals surface area contributed by atoms with E-state index in [1.807, 2.05) is 6.08 Å². The Morgan fingerprint density at radius 1 is 1.82 bits per heavy atom. The topological polar surface area (TPSA) is 57.5 Å². The quantitative estimate of drug-likeness (QED) is 0.581. The number of carbonyl (C=O) groups is 1. The molecular formula is C8H12O3. The lowest BCUT2D eigenvalue weighted by Crippen LogP contribution is -2.29. The first kappa shape index (κ1) is 8.27.